The molecule has 0 radical (unpaired) electrons. The van der Waals surface area contributed by atoms with E-state index in [1.807, 2.05) is 48.5 Å². The van der Waals surface area contributed by atoms with E-state index in [1.54, 1.807) is 0 Å². The SMILES string of the molecule is CC1(c2ccccc2)CCC[Si]([O-])(c2ccccc2)O1.[Na+]. The number of hydrogen-bond acceptors (Lipinski definition) is 2. The Morgan fingerprint density at radius 3 is 2.19 bits per heavy atom. The second-order valence-corrected chi connectivity index (χ2v) is 8.46. The van der Waals surface area contributed by atoms with Gasteiger partial charge in [-0.3, -0.25) is 0 Å². The monoisotopic (exact) mass is 306 g/mol. The van der Waals surface area contributed by atoms with Gasteiger partial charge in [-0.25, -0.2) is 0 Å². The minimum absolute atomic E-state index is 0. The van der Waals surface area contributed by atoms with Gasteiger partial charge in [0.25, 0.3) is 0 Å². The molecule has 2 aromatic rings. The number of benzene rings is 2. The average Bonchev–Trinajstić information content (AvgIpc) is 2.49. The zero-order valence-electron chi connectivity index (χ0n) is 12.7. The van der Waals surface area contributed by atoms with Crippen molar-refractivity contribution < 1.29 is 38.8 Å². The molecular weight excluding hydrogens is 287 g/mol. The largest absolute Gasteiger partial charge is 1.00 e. The van der Waals surface area contributed by atoms with Gasteiger partial charge in [0.1, 0.15) is 8.56 Å². The van der Waals surface area contributed by atoms with Crippen LogP contribution in [0, 0.1) is 0 Å². The molecule has 2 unspecified atom stereocenters. The Bertz CT molecular complexity index is 526. The summed E-state index contributed by atoms with van der Waals surface area (Å²) in [4.78, 5) is 13.2. The fourth-order valence-corrected chi connectivity index (χ4v) is 5.81. The summed E-state index contributed by atoms with van der Waals surface area (Å²) in [5.74, 6) is 0. The van der Waals surface area contributed by atoms with Crippen molar-refractivity contribution in [3.8, 4) is 0 Å². The zero-order chi connectivity index (χ0) is 14.1. The van der Waals surface area contributed by atoms with Crippen LogP contribution in [0.1, 0.15) is 25.3 Å². The van der Waals surface area contributed by atoms with Crippen LogP contribution in [0.5, 0.6) is 0 Å². The van der Waals surface area contributed by atoms with E-state index in [0.29, 0.717) is 6.04 Å². The Labute approximate surface area is 149 Å². The van der Waals surface area contributed by atoms with Crippen LogP contribution in [0.15, 0.2) is 60.7 Å². The third-order valence-electron chi connectivity index (χ3n) is 4.15. The molecule has 104 valence electrons. The van der Waals surface area contributed by atoms with Gasteiger partial charge in [-0.15, -0.1) is 0 Å². The summed E-state index contributed by atoms with van der Waals surface area (Å²) in [6, 6.07) is 20.5. The normalized spacial score (nSPS) is 28.7. The van der Waals surface area contributed by atoms with Gasteiger partial charge < -0.3 is 9.22 Å². The van der Waals surface area contributed by atoms with E-state index in [4.69, 9.17) is 4.43 Å². The van der Waals surface area contributed by atoms with E-state index in [-0.39, 0.29) is 29.6 Å². The number of rotatable bonds is 2. The van der Waals surface area contributed by atoms with Gasteiger partial charge in [-0.1, -0.05) is 67.1 Å². The minimum Gasteiger partial charge on any atom is -0.834 e. The molecule has 1 aliphatic heterocycles. The fraction of sp³-hybridized carbons (Fsp3) is 0.294. The Morgan fingerprint density at radius 2 is 1.57 bits per heavy atom. The van der Waals surface area contributed by atoms with Crippen molar-refractivity contribution in [1.82, 2.24) is 0 Å². The predicted octanol–water partition coefficient (Wildman–Crippen LogP) is -0.574. The van der Waals surface area contributed by atoms with Crippen LogP contribution in [0.2, 0.25) is 6.04 Å². The molecule has 3 rings (SSSR count). The molecule has 1 fully saturated rings. The maximum absolute atomic E-state index is 13.2. The molecular formula is C17H19NaO2Si. The summed E-state index contributed by atoms with van der Waals surface area (Å²) in [6.45, 7) is 2.06. The first-order valence-corrected chi connectivity index (χ1v) is 9.16. The van der Waals surface area contributed by atoms with Crippen molar-refractivity contribution in [3.63, 3.8) is 0 Å². The molecule has 1 saturated heterocycles. The van der Waals surface area contributed by atoms with E-state index in [9.17, 15) is 4.80 Å². The van der Waals surface area contributed by atoms with Gasteiger partial charge in [0.05, 0.1) is 5.60 Å². The van der Waals surface area contributed by atoms with Gasteiger partial charge in [0, 0.05) is 0 Å². The first-order chi connectivity index (χ1) is 9.62. The summed E-state index contributed by atoms with van der Waals surface area (Å²) in [6.07, 6.45) is 1.86. The van der Waals surface area contributed by atoms with Crippen LogP contribution < -0.4 is 39.5 Å². The molecule has 2 nitrogen and oxygen atoms in total. The summed E-state index contributed by atoms with van der Waals surface area (Å²) in [7, 11) is -3.08. The maximum atomic E-state index is 13.2. The quantitative estimate of drug-likeness (QED) is 0.696. The molecule has 0 saturated carbocycles. The van der Waals surface area contributed by atoms with Crippen molar-refractivity contribution in [2.75, 3.05) is 0 Å². The molecule has 0 amide bonds. The summed E-state index contributed by atoms with van der Waals surface area (Å²) < 4.78 is 6.22. The molecule has 21 heavy (non-hydrogen) atoms. The van der Waals surface area contributed by atoms with Crippen molar-refractivity contribution in [2.24, 2.45) is 0 Å². The first kappa shape index (κ1) is 16.9. The standard InChI is InChI=1S/C17H19O2Si.Na/c1-17(15-9-4-2-5-10-15)13-8-14-20(18,19-17)16-11-6-3-7-12-16;/h2-7,9-12H,8,13-14H2,1H3;/q-1;+1. The van der Waals surface area contributed by atoms with Crippen LogP contribution in [0.25, 0.3) is 0 Å². The fourth-order valence-electron chi connectivity index (χ4n) is 3.01. The zero-order valence-corrected chi connectivity index (χ0v) is 15.7. The van der Waals surface area contributed by atoms with E-state index in [0.717, 1.165) is 23.6 Å². The Hall–Kier alpha value is -0.423. The topological polar surface area (TPSA) is 32.3 Å². The first-order valence-electron chi connectivity index (χ1n) is 7.14. The van der Waals surface area contributed by atoms with Crippen molar-refractivity contribution >= 4 is 13.7 Å². The molecule has 0 N–H and O–H groups in total. The molecule has 0 spiro atoms. The Balaban J connectivity index is 0.00000161. The molecule has 0 bridgehead atoms. The molecule has 4 heteroatoms. The van der Waals surface area contributed by atoms with Gasteiger partial charge in [0.2, 0.25) is 0 Å². The molecule has 2 atom stereocenters. The smallest absolute Gasteiger partial charge is 0.834 e. The van der Waals surface area contributed by atoms with Crippen LogP contribution in [-0.4, -0.2) is 8.56 Å². The molecule has 1 aliphatic rings. The van der Waals surface area contributed by atoms with Gasteiger partial charge in [0.15, 0.2) is 0 Å². The second-order valence-electron chi connectivity index (χ2n) is 5.67. The summed E-state index contributed by atoms with van der Waals surface area (Å²) in [5.41, 5.74) is 0.673. The Kier molecular flexibility index (Phi) is 5.47. The third kappa shape index (κ3) is 3.50. The van der Waals surface area contributed by atoms with E-state index >= 15 is 0 Å². The molecule has 2 aromatic carbocycles. The van der Waals surface area contributed by atoms with Crippen molar-refractivity contribution in [2.45, 2.75) is 31.4 Å². The van der Waals surface area contributed by atoms with Crippen LogP contribution in [-0.2, 0) is 10.0 Å². The van der Waals surface area contributed by atoms with Gasteiger partial charge >= 0.3 is 29.6 Å². The second kappa shape index (κ2) is 6.78. The Morgan fingerprint density at radius 1 is 1.00 bits per heavy atom. The van der Waals surface area contributed by atoms with Gasteiger partial charge in [-0.05, 0) is 30.1 Å². The van der Waals surface area contributed by atoms with E-state index < -0.39 is 14.2 Å². The summed E-state index contributed by atoms with van der Waals surface area (Å²) >= 11 is 0. The average molecular weight is 306 g/mol. The van der Waals surface area contributed by atoms with E-state index in [2.05, 4.69) is 19.1 Å². The molecule has 1 heterocycles. The van der Waals surface area contributed by atoms with Crippen LogP contribution in [0.3, 0.4) is 0 Å². The van der Waals surface area contributed by atoms with Crippen LogP contribution in [0.4, 0.5) is 0 Å². The minimum atomic E-state index is -3.08. The number of hydrogen-bond donors (Lipinski definition) is 0. The summed E-state index contributed by atoms with van der Waals surface area (Å²) in [5, 5.41) is 0.863. The van der Waals surface area contributed by atoms with Crippen molar-refractivity contribution in [3.05, 3.63) is 66.2 Å². The van der Waals surface area contributed by atoms with Crippen molar-refractivity contribution in [1.29, 1.82) is 0 Å². The molecule has 0 aliphatic carbocycles. The van der Waals surface area contributed by atoms with Crippen LogP contribution >= 0.6 is 0 Å². The third-order valence-corrected chi connectivity index (χ3v) is 7.15. The predicted molar refractivity (Wildman–Crippen MR) is 80.8 cm³/mol. The van der Waals surface area contributed by atoms with E-state index in [1.165, 1.54) is 0 Å². The maximum Gasteiger partial charge on any atom is 1.00 e. The van der Waals surface area contributed by atoms with Gasteiger partial charge in [-0.2, -0.15) is 0 Å². The molecule has 0 aromatic heterocycles.